The Bertz CT molecular complexity index is 408. The molecule has 3 nitrogen and oxygen atoms in total. The molecule has 0 saturated heterocycles. The fraction of sp³-hybridized carbons (Fsp3) is 0.786. The summed E-state index contributed by atoms with van der Waals surface area (Å²) < 4.78 is 1.90. The van der Waals surface area contributed by atoms with Crippen LogP contribution in [0.25, 0.3) is 0 Å². The summed E-state index contributed by atoms with van der Waals surface area (Å²) in [4.78, 5) is 0. The Hall–Kier alpha value is -0.830. The maximum absolute atomic E-state index is 10.8. The van der Waals surface area contributed by atoms with Crippen molar-refractivity contribution < 1.29 is 5.11 Å². The van der Waals surface area contributed by atoms with E-state index in [4.69, 9.17) is 0 Å². The SMILES string of the molecule is Cc1cc(CC2(O)CCCC(C)(C)C2)n(C)n1. The number of aliphatic hydroxyl groups is 1. The molecule has 1 aromatic heterocycles. The predicted octanol–water partition coefficient (Wildman–Crippen LogP) is 2.60. The second kappa shape index (κ2) is 4.13. The zero-order valence-corrected chi connectivity index (χ0v) is 11.5. The van der Waals surface area contributed by atoms with E-state index in [-0.39, 0.29) is 5.41 Å². The fourth-order valence-corrected chi connectivity index (χ4v) is 3.28. The first-order valence-electron chi connectivity index (χ1n) is 6.52. The molecule has 1 aromatic rings. The summed E-state index contributed by atoms with van der Waals surface area (Å²) in [6.45, 7) is 6.51. The number of aromatic nitrogens is 2. The summed E-state index contributed by atoms with van der Waals surface area (Å²) in [7, 11) is 1.96. The van der Waals surface area contributed by atoms with Gasteiger partial charge in [-0.05, 0) is 37.7 Å². The van der Waals surface area contributed by atoms with Gasteiger partial charge in [0.2, 0.25) is 0 Å². The molecule has 1 N–H and O–H groups in total. The minimum atomic E-state index is -0.540. The van der Waals surface area contributed by atoms with Gasteiger partial charge in [-0.3, -0.25) is 4.68 Å². The lowest BCUT2D eigenvalue weighted by Gasteiger charge is -2.41. The zero-order chi connectivity index (χ0) is 12.7. The Morgan fingerprint density at radius 1 is 1.41 bits per heavy atom. The van der Waals surface area contributed by atoms with Gasteiger partial charge in [0, 0.05) is 19.2 Å². The molecule has 0 aromatic carbocycles. The van der Waals surface area contributed by atoms with Gasteiger partial charge in [-0.25, -0.2) is 0 Å². The molecule has 3 heteroatoms. The van der Waals surface area contributed by atoms with E-state index in [0.29, 0.717) is 0 Å². The highest BCUT2D eigenvalue weighted by molar-refractivity contribution is 5.12. The normalized spacial score (nSPS) is 28.3. The molecule has 1 saturated carbocycles. The van der Waals surface area contributed by atoms with Gasteiger partial charge in [0.1, 0.15) is 0 Å². The van der Waals surface area contributed by atoms with Crippen LogP contribution in [0.3, 0.4) is 0 Å². The zero-order valence-electron chi connectivity index (χ0n) is 11.5. The van der Waals surface area contributed by atoms with E-state index in [2.05, 4.69) is 25.0 Å². The van der Waals surface area contributed by atoms with Crippen LogP contribution in [0.5, 0.6) is 0 Å². The van der Waals surface area contributed by atoms with E-state index in [0.717, 1.165) is 37.1 Å². The van der Waals surface area contributed by atoms with Gasteiger partial charge in [0.25, 0.3) is 0 Å². The van der Waals surface area contributed by atoms with Gasteiger partial charge in [0.15, 0.2) is 0 Å². The number of hydrogen-bond donors (Lipinski definition) is 1. The van der Waals surface area contributed by atoms with E-state index >= 15 is 0 Å². The number of rotatable bonds is 2. The van der Waals surface area contributed by atoms with Crippen molar-refractivity contribution in [3.63, 3.8) is 0 Å². The average Bonchev–Trinajstić information content (AvgIpc) is 2.41. The summed E-state index contributed by atoms with van der Waals surface area (Å²) >= 11 is 0. The highest BCUT2D eigenvalue weighted by Gasteiger charge is 2.38. The third-order valence-electron chi connectivity index (χ3n) is 3.91. The minimum Gasteiger partial charge on any atom is -0.389 e. The molecular formula is C14H24N2O. The van der Waals surface area contributed by atoms with Crippen LogP contribution in [-0.4, -0.2) is 20.5 Å². The largest absolute Gasteiger partial charge is 0.389 e. The van der Waals surface area contributed by atoms with Crippen LogP contribution in [0.2, 0.25) is 0 Å². The van der Waals surface area contributed by atoms with Gasteiger partial charge >= 0.3 is 0 Å². The first kappa shape index (κ1) is 12.6. The third-order valence-corrected chi connectivity index (χ3v) is 3.91. The Morgan fingerprint density at radius 2 is 2.12 bits per heavy atom. The number of aryl methyl sites for hydroxylation is 2. The highest BCUT2D eigenvalue weighted by Crippen LogP contribution is 2.42. The van der Waals surface area contributed by atoms with Crippen molar-refractivity contribution in [2.24, 2.45) is 12.5 Å². The molecule has 2 rings (SSSR count). The van der Waals surface area contributed by atoms with Crippen molar-refractivity contribution in [2.45, 2.75) is 58.5 Å². The molecule has 0 bridgehead atoms. The molecule has 0 aliphatic heterocycles. The van der Waals surface area contributed by atoms with Gasteiger partial charge in [-0.1, -0.05) is 20.3 Å². The standard InChI is InChI=1S/C14H24N2O/c1-11-8-12(16(4)15-11)9-14(17)7-5-6-13(2,3)10-14/h8,17H,5-7,9-10H2,1-4H3. The molecule has 1 atom stereocenters. The van der Waals surface area contributed by atoms with Crippen molar-refractivity contribution in [1.29, 1.82) is 0 Å². The molecule has 1 unspecified atom stereocenters. The molecule has 17 heavy (non-hydrogen) atoms. The average molecular weight is 236 g/mol. The van der Waals surface area contributed by atoms with Gasteiger partial charge in [0.05, 0.1) is 11.3 Å². The van der Waals surface area contributed by atoms with E-state index in [1.807, 2.05) is 18.7 Å². The Labute approximate surface area is 104 Å². The van der Waals surface area contributed by atoms with Crippen LogP contribution < -0.4 is 0 Å². The van der Waals surface area contributed by atoms with Crippen molar-refractivity contribution >= 4 is 0 Å². The highest BCUT2D eigenvalue weighted by atomic mass is 16.3. The van der Waals surface area contributed by atoms with E-state index in [1.165, 1.54) is 6.42 Å². The Balaban J connectivity index is 2.14. The molecule has 0 radical (unpaired) electrons. The summed E-state index contributed by atoms with van der Waals surface area (Å²) in [6, 6.07) is 2.08. The van der Waals surface area contributed by atoms with Crippen LogP contribution in [0.4, 0.5) is 0 Å². The molecule has 96 valence electrons. The number of nitrogens with zero attached hydrogens (tertiary/aromatic N) is 2. The molecule has 1 fully saturated rings. The maximum atomic E-state index is 10.8. The first-order valence-corrected chi connectivity index (χ1v) is 6.52. The Morgan fingerprint density at radius 3 is 2.65 bits per heavy atom. The van der Waals surface area contributed by atoms with Crippen LogP contribution in [0.15, 0.2) is 6.07 Å². The molecule has 1 aliphatic carbocycles. The van der Waals surface area contributed by atoms with Crippen molar-refractivity contribution in [1.82, 2.24) is 9.78 Å². The predicted molar refractivity (Wildman–Crippen MR) is 68.8 cm³/mol. The summed E-state index contributed by atoms with van der Waals surface area (Å²) in [5, 5.41) is 15.1. The van der Waals surface area contributed by atoms with Crippen LogP contribution in [-0.2, 0) is 13.5 Å². The second-order valence-electron chi connectivity index (χ2n) is 6.50. The lowest BCUT2D eigenvalue weighted by Crippen LogP contribution is -2.41. The van der Waals surface area contributed by atoms with Crippen LogP contribution >= 0.6 is 0 Å². The van der Waals surface area contributed by atoms with Crippen LogP contribution in [0, 0.1) is 12.3 Å². The lowest BCUT2D eigenvalue weighted by molar-refractivity contribution is -0.0394. The summed E-state index contributed by atoms with van der Waals surface area (Å²) in [5.74, 6) is 0. The molecular weight excluding hydrogens is 212 g/mol. The molecule has 1 heterocycles. The topological polar surface area (TPSA) is 38.0 Å². The third kappa shape index (κ3) is 2.89. The fourth-order valence-electron chi connectivity index (χ4n) is 3.28. The summed E-state index contributed by atoms with van der Waals surface area (Å²) in [5.41, 5.74) is 1.90. The second-order valence-corrected chi connectivity index (χ2v) is 6.50. The molecule has 0 spiro atoms. The summed E-state index contributed by atoms with van der Waals surface area (Å²) in [6.07, 6.45) is 4.89. The van der Waals surface area contributed by atoms with Gasteiger partial charge in [-0.15, -0.1) is 0 Å². The lowest BCUT2D eigenvalue weighted by atomic mass is 9.68. The van der Waals surface area contributed by atoms with Crippen molar-refractivity contribution in [2.75, 3.05) is 0 Å². The van der Waals surface area contributed by atoms with E-state index < -0.39 is 5.60 Å². The van der Waals surface area contributed by atoms with Gasteiger partial charge in [-0.2, -0.15) is 5.10 Å². The maximum Gasteiger partial charge on any atom is 0.0708 e. The van der Waals surface area contributed by atoms with Gasteiger partial charge < -0.3 is 5.11 Å². The molecule has 1 aliphatic rings. The van der Waals surface area contributed by atoms with E-state index in [1.54, 1.807) is 0 Å². The molecule has 0 amide bonds. The minimum absolute atomic E-state index is 0.265. The Kier molecular flexibility index (Phi) is 3.06. The monoisotopic (exact) mass is 236 g/mol. The van der Waals surface area contributed by atoms with Crippen LogP contribution in [0.1, 0.15) is 50.9 Å². The first-order chi connectivity index (χ1) is 7.80. The number of hydrogen-bond acceptors (Lipinski definition) is 2. The van der Waals surface area contributed by atoms with Crippen molar-refractivity contribution in [3.05, 3.63) is 17.5 Å². The van der Waals surface area contributed by atoms with Crippen molar-refractivity contribution in [3.8, 4) is 0 Å². The smallest absolute Gasteiger partial charge is 0.0708 e. The quantitative estimate of drug-likeness (QED) is 0.857. The van der Waals surface area contributed by atoms with E-state index in [9.17, 15) is 5.11 Å².